The van der Waals surface area contributed by atoms with Gasteiger partial charge in [0, 0.05) is 19.4 Å². The summed E-state index contributed by atoms with van der Waals surface area (Å²) in [5.41, 5.74) is 1.17. The normalized spacial score (nSPS) is 10.9. The summed E-state index contributed by atoms with van der Waals surface area (Å²) < 4.78 is 6.83. The van der Waals surface area contributed by atoms with Crippen LogP contribution in [0.4, 0.5) is 0 Å². The van der Waals surface area contributed by atoms with E-state index in [2.05, 4.69) is 20.6 Å². The van der Waals surface area contributed by atoms with Crippen molar-refractivity contribution >= 4 is 22.2 Å². The van der Waals surface area contributed by atoms with Gasteiger partial charge >= 0.3 is 0 Å². The first-order chi connectivity index (χ1) is 11.7. The molecule has 0 bridgehead atoms. The number of ether oxygens (including phenoxy) is 1. The van der Waals surface area contributed by atoms with E-state index >= 15 is 0 Å². The van der Waals surface area contributed by atoms with Crippen LogP contribution in [0.25, 0.3) is 4.96 Å². The predicted octanol–water partition coefficient (Wildman–Crippen LogP) is 1.79. The van der Waals surface area contributed by atoms with Gasteiger partial charge in [-0.25, -0.2) is 0 Å². The van der Waals surface area contributed by atoms with Crippen LogP contribution in [0, 0.1) is 6.92 Å². The van der Waals surface area contributed by atoms with E-state index in [0.717, 1.165) is 28.0 Å². The molecule has 2 aromatic heterocycles. The molecule has 0 saturated heterocycles. The third-order valence-corrected chi connectivity index (χ3v) is 4.61. The summed E-state index contributed by atoms with van der Waals surface area (Å²) in [5.74, 6) is 1.63. The Hall–Kier alpha value is -2.48. The first-order valence-electron chi connectivity index (χ1n) is 7.73. The largest absolute Gasteiger partial charge is 0.497 e. The second kappa shape index (κ2) is 7.39. The number of carbonyl (C=O) groups is 1. The molecule has 7 nitrogen and oxygen atoms in total. The Labute approximate surface area is 143 Å². The monoisotopic (exact) mass is 345 g/mol. The summed E-state index contributed by atoms with van der Waals surface area (Å²) in [6.07, 6.45) is 1.83. The maximum Gasteiger partial charge on any atom is 0.234 e. The number of fused-ring (bicyclic) bond motifs is 1. The minimum atomic E-state index is 0.0335. The number of rotatable bonds is 7. The van der Waals surface area contributed by atoms with Gasteiger partial charge in [-0.1, -0.05) is 23.5 Å². The lowest BCUT2D eigenvalue weighted by Crippen LogP contribution is -2.25. The fourth-order valence-corrected chi connectivity index (χ4v) is 3.18. The van der Waals surface area contributed by atoms with Crippen molar-refractivity contribution in [1.29, 1.82) is 0 Å². The number of aryl methyl sites for hydroxylation is 2. The Kier molecular flexibility index (Phi) is 5.05. The van der Waals surface area contributed by atoms with Crippen molar-refractivity contribution in [3.63, 3.8) is 0 Å². The van der Waals surface area contributed by atoms with Gasteiger partial charge in [0.2, 0.25) is 10.9 Å². The van der Waals surface area contributed by atoms with Crippen LogP contribution in [0.3, 0.4) is 0 Å². The van der Waals surface area contributed by atoms with Crippen molar-refractivity contribution in [2.24, 2.45) is 0 Å². The van der Waals surface area contributed by atoms with Gasteiger partial charge < -0.3 is 10.1 Å². The summed E-state index contributed by atoms with van der Waals surface area (Å²) in [5, 5.41) is 16.2. The fourth-order valence-electron chi connectivity index (χ4n) is 2.30. The molecule has 0 fully saturated rings. The first kappa shape index (κ1) is 16.4. The highest BCUT2D eigenvalue weighted by atomic mass is 32.1. The summed E-state index contributed by atoms with van der Waals surface area (Å²) in [4.78, 5) is 12.7. The zero-order valence-corrected chi connectivity index (χ0v) is 14.5. The van der Waals surface area contributed by atoms with Crippen LogP contribution >= 0.6 is 11.3 Å². The van der Waals surface area contributed by atoms with Crippen LogP contribution in [0.15, 0.2) is 24.3 Å². The van der Waals surface area contributed by atoms with E-state index in [4.69, 9.17) is 4.74 Å². The Morgan fingerprint density at radius 3 is 2.75 bits per heavy atom. The smallest absolute Gasteiger partial charge is 0.234 e. The van der Waals surface area contributed by atoms with Crippen LogP contribution in [0.5, 0.6) is 5.75 Å². The molecule has 0 spiro atoms. The molecule has 1 amide bonds. The molecule has 0 atom stereocenters. The molecule has 0 saturated carbocycles. The molecule has 126 valence electrons. The SMILES string of the molecule is COc1ccc(CCNC(=O)CCc2nn3c(C)nnc3s2)cc1. The van der Waals surface area contributed by atoms with Gasteiger partial charge in [-0.3, -0.25) is 4.79 Å². The lowest BCUT2D eigenvalue weighted by atomic mass is 10.1. The molecule has 1 aromatic carbocycles. The van der Waals surface area contributed by atoms with E-state index < -0.39 is 0 Å². The maximum atomic E-state index is 11.9. The van der Waals surface area contributed by atoms with Crippen molar-refractivity contribution < 1.29 is 9.53 Å². The zero-order valence-electron chi connectivity index (χ0n) is 13.7. The molecule has 3 aromatic rings. The Morgan fingerprint density at radius 1 is 1.25 bits per heavy atom. The Balaban J connectivity index is 1.42. The van der Waals surface area contributed by atoms with Crippen LogP contribution in [-0.2, 0) is 17.6 Å². The number of hydrogen-bond donors (Lipinski definition) is 1. The number of carbonyl (C=O) groups excluding carboxylic acids is 1. The van der Waals surface area contributed by atoms with Gasteiger partial charge in [-0.2, -0.15) is 9.61 Å². The summed E-state index contributed by atoms with van der Waals surface area (Å²) in [6.45, 7) is 2.48. The lowest BCUT2D eigenvalue weighted by molar-refractivity contribution is -0.121. The second-order valence-corrected chi connectivity index (χ2v) is 6.43. The standard InChI is InChI=1S/C16H19N5O2S/c1-11-18-19-16-21(11)20-15(24-16)8-7-14(22)17-10-9-12-3-5-13(23-2)6-4-12/h3-6H,7-10H2,1-2H3,(H,17,22). The zero-order chi connectivity index (χ0) is 16.9. The quantitative estimate of drug-likeness (QED) is 0.706. The molecule has 0 aliphatic rings. The average Bonchev–Trinajstić information content (AvgIpc) is 3.15. The minimum absolute atomic E-state index is 0.0335. The summed E-state index contributed by atoms with van der Waals surface area (Å²) in [6, 6.07) is 7.86. The summed E-state index contributed by atoms with van der Waals surface area (Å²) >= 11 is 1.47. The molecular formula is C16H19N5O2S. The van der Waals surface area contributed by atoms with Gasteiger partial charge in [0.05, 0.1) is 7.11 Å². The van der Waals surface area contributed by atoms with E-state index in [1.807, 2.05) is 31.2 Å². The predicted molar refractivity (Wildman–Crippen MR) is 91.4 cm³/mol. The average molecular weight is 345 g/mol. The third-order valence-electron chi connectivity index (χ3n) is 3.65. The van der Waals surface area contributed by atoms with Gasteiger partial charge in [0.25, 0.3) is 0 Å². The molecule has 0 unspecified atom stereocenters. The minimum Gasteiger partial charge on any atom is -0.497 e. The molecule has 8 heteroatoms. The molecule has 0 radical (unpaired) electrons. The summed E-state index contributed by atoms with van der Waals surface area (Å²) in [7, 11) is 1.65. The van der Waals surface area contributed by atoms with Crippen molar-refractivity contribution in [3.8, 4) is 5.75 Å². The third kappa shape index (κ3) is 3.88. The fraction of sp³-hybridized carbons (Fsp3) is 0.375. The molecule has 1 N–H and O–H groups in total. The van der Waals surface area contributed by atoms with Gasteiger partial charge in [0.1, 0.15) is 10.8 Å². The van der Waals surface area contributed by atoms with E-state index in [1.165, 1.54) is 16.9 Å². The van der Waals surface area contributed by atoms with Crippen LogP contribution in [-0.4, -0.2) is 39.4 Å². The van der Waals surface area contributed by atoms with E-state index in [9.17, 15) is 4.79 Å². The van der Waals surface area contributed by atoms with Gasteiger partial charge in [0.15, 0.2) is 5.82 Å². The molecule has 0 aliphatic carbocycles. The van der Waals surface area contributed by atoms with Crippen molar-refractivity contribution in [2.75, 3.05) is 13.7 Å². The first-order valence-corrected chi connectivity index (χ1v) is 8.54. The van der Waals surface area contributed by atoms with Gasteiger partial charge in [-0.15, -0.1) is 10.2 Å². The number of nitrogens with one attached hydrogen (secondary N) is 1. The van der Waals surface area contributed by atoms with E-state index in [-0.39, 0.29) is 5.91 Å². The number of aromatic nitrogens is 4. The highest BCUT2D eigenvalue weighted by Gasteiger charge is 2.10. The van der Waals surface area contributed by atoms with E-state index in [1.54, 1.807) is 11.6 Å². The van der Waals surface area contributed by atoms with Crippen molar-refractivity contribution in [3.05, 3.63) is 40.7 Å². The molecular weight excluding hydrogens is 326 g/mol. The number of amides is 1. The van der Waals surface area contributed by atoms with Crippen LogP contribution in [0.1, 0.15) is 22.8 Å². The number of nitrogens with zero attached hydrogens (tertiary/aromatic N) is 4. The van der Waals surface area contributed by atoms with Crippen LogP contribution < -0.4 is 10.1 Å². The highest BCUT2D eigenvalue weighted by Crippen LogP contribution is 2.15. The number of benzene rings is 1. The topological polar surface area (TPSA) is 81.4 Å². The van der Waals surface area contributed by atoms with Crippen molar-refractivity contribution in [1.82, 2.24) is 25.1 Å². The highest BCUT2D eigenvalue weighted by molar-refractivity contribution is 7.16. The van der Waals surface area contributed by atoms with Crippen LogP contribution in [0.2, 0.25) is 0 Å². The molecule has 24 heavy (non-hydrogen) atoms. The Bertz CT molecular complexity index is 825. The van der Waals surface area contributed by atoms with E-state index in [0.29, 0.717) is 19.4 Å². The lowest BCUT2D eigenvalue weighted by Gasteiger charge is -2.05. The molecule has 3 rings (SSSR count). The number of methoxy groups -OCH3 is 1. The molecule has 0 aliphatic heterocycles. The van der Waals surface area contributed by atoms with Crippen molar-refractivity contribution in [2.45, 2.75) is 26.2 Å². The van der Waals surface area contributed by atoms with Gasteiger partial charge in [-0.05, 0) is 31.0 Å². The molecule has 2 heterocycles. The second-order valence-electron chi connectivity index (χ2n) is 5.39. The maximum absolute atomic E-state index is 11.9. The number of hydrogen-bond acceptors (Lipinski definition) is 6. The Morgan fingerprint density at radius 2 is 2.04 bits per heavy atom.